The largest absolute Gasteiger partial charge is 0.236 e. The summed E-state index contributed by atoms with van der Waals surface area (Å²) in [5.41, 5.74) is 6.85. The second-order valence-corrected chi connectivity index (χ2v) is 15.2. The van der Waals surface area contributed by atoms with E-state index in [0.717, 1.165) is 77.5 Å². The van der Waals surface area contributed by atoms with Crippen LogP contribution in [-0.2, 0) is 0 Å². The lowest BCUT2D eigenvalue weighted by Crippen LogP contribution is -2.00. The van der Waals surface area contributed by atoms with Gasteiger partial charge in [0.1, 0.15) is 0 Å². The number of aliphatic imine (C=N–C) groups is 2. The van der Waals surface area contributed by atoms with E-state index >= 15 is 0 Å². The Labute approximate surface area is 333 Å². The van der Waals surface area contributed by atoms with Crippen LogP contribution < -0.4 is 0 Å². The molecule has 9 aromatic rings. The highest BCUT2D eigenvalue weighted by Crippen LogP contribution is 2.42. The summed E-state index contributed by atoms with van der Waals surface area (Å²) in [6, 6.07) is 49.8. The van der Waals surface area contributed by atoms with Gasteiger partial charge in [-0.1, -0.05) is 146 Å². The van der Waals surface area contributed by atoms with Crippen molar-refractivity contribution >= 4 is 76.7 Å². The summed E-state index contributed by atoms with van der Waals surface area (Å²) in [5.74, 6) is 2.55. The van der Waals surface area contributed by atoms with Crippen LogP contribution in [0.15, 0.2) is 180 Å². The van der Waals surface area contributed by atoms with Crippen molar-refractivity contribution in [1.29, 1.82) is 0 Å². The number of allylic oxidation sites excluding steroid dienone is 2. The van der Waals surface area contributed by atoms with Crippen molar-refractivity contribution in [3.05, 3.63) is 186 Å². The molecule has 3 heterocycles. The summed E-state index contributed by atoms with van der Waals surface area (Å²) in [5, 5.41) is 5.43. The second kappa shape index (κ2) is 16.0. The third-order valence-electron chi connectivity index (χ3n) is 9.51. The Balaban J connectivity index is 1.19. The van der Waals surface area contributed by atoms with E-state index in [0.29, 0.717) is 23.3 Å². The van der Waals surface area contributed by atoms with Gasteiger partial charge in [0.25, 0.3) is 0 Å². The van der Waals surface area contributed by atoms with Gasteiger partial charge in [-0.25, -0.2) is 24.9 Å². The third kappa shape index (κ3) is 7.26. The minimum atomic E-state index is 0.629. The molecule has 9 rings (SSSR count). The van der Waals surface area contributed by atoms with E-state index in [1.54, 1.807) is 22.7 Å². The van der Waals surface area contributed by atoms with Crippen molar-refractivity contribution in [2.24, 2.45) is 9.98 Å². The Morgan fingerprint density at radius 1 is 0.607 bits per heavy atom. The number of amidine groups is 1. The first kappa shape index (κ1) is 35.1. The van der Waals surface area contributed by atoms with Crippen molar-refractivity contribution in [2.75, 3.05) is 0 Å². The highest BCUT2D eigenvalue weighted by molar-refractivity contribution is 7.26. The molecular weight excluding hydrogens is 723 g/mol. The number of rotatable bonds is 10. The van der Waals surface area contributed by atoms with Crippen LogP contribution in [0.2, 0.25) is 0 Å². The summed E-state index contributed by atoms with van der Waals surface area (Å²) in [6.45, 7) is 3.82. The van der Waals surface area contributed by atoms with Gasteiger partial charge in [-0.3, -0.25) is 0 Å². The Morgan fingerprint density at radius 2 is 1.25 bits per heavy atom. The number of fused-ring (bicyclic) bond motifs is 4. The van der Waals surface area contributed by atoms with E-state index in [1.807, 2.05) is 73.0 Å². The highest BCUT2D eigenvalue weighted by Gasteiger charge is 2.19. The fourth-order valence-corrected chi connectivity index (χ4v) is 8.84. The van der Waals surface area contributed by atoms with E-state index in [-0.39, 0.29) is 0 Å². The fraction of sp³-hybridized carbons (Fsp3) is 0.0408. The molecule has 0 N–H and O–H groups in total. The molecule has 0 aliphatic carbocycles. The molecule has 0 atom stereocenters. The quantitative estimate of drug-likeness (QED) is 0.0604. The lowest BCUT2D eigenvalue weighted by Gasteiger charge is -2.09. The Bertz CT molecular complexity index is 2860. The zero-order valence-corrected chi connectivity index (χ0v) is 32.1. The first-order valence-corrected chi connectivity index (χ1v) is 20.2. The number of unbranched alkanes of at least 4 members (excludes halogenated alkanes) is 1. The normalized spacial score (nSPS) is 12.1. The van der Waals surface area contributed by atoms with Crippen LogP contribution >= 0.6 is 22.7 Å². The van der Waals surface area contributed by atoms with Gasteiger partial charge >= 0.3 is 0 Å². The average molecular weight is 758 g/mol. The summed E-state index contributed by atoms with van der Waals surface area (Å²) in [7, 11) is 0. The van der Waals surface area contributed by atoms with E-state index in [4.69, 9.17) is 24.9 Å². The molecule has 0 spiro atoms. The van der Waals surface area contributed by atoms with Crippen LogP contribution in [-0.4, -0.2) is 27.0 Å². The molecule has 0 aliphatic rings. The van der Waals surface area contributed by atoms with Crippen LogP contribution in [0, 0.1) is 0 Å². The van der Waals surface area contributed by atoms with E-state index in [2.05, 4.69) is 109 Å². The average Bonchev–Trinajstić information content (AvgIpc) is 3.86. The molecule has 0 bridgehead atoms. The number of benzene rings is 6. The minimum Gasteiger partial charge on any atom is -0.236 e. The van der Waals surface area contributed by atoms with Crippen molar-refractivity contribution in [3.63, 3.8) is 0 Å². The Hall–Kier alpha value is -6.67. The van der Waals surface area contributed by atoms with Gasteiger partial charge < -0.3 is 0 Å². The maximum Gasteiger partial charge on any atom is 0.164 e. The third-order valence-corrected chi connectivity index (χ3v) is 11.7. The van der Waals surface area contributed by atoms with Gasteiger partial charge in [-0.15, -0.1) is 29.3 Å². The molecule has 0 saturated heterocycles. The number of hydrogen-bond acceptors (Lipinski definition) is 6. The molecule has 5 nitrogen and oxygen atoms in total. The molecule has 0 fully saturated rings. The predicted molar refractivity (Wildman–Crippen MR) is 240 cm³/mol. The van der Waals surface area contributed by atoms with Crippen LogP contribution in [0.25, 0.3) is 70.5 Å². The smallest absolute Gasteiger partial charge is 0.164 e. The minimum absolute atomic E-state index is 0.629. The summed E-state index contributed by atoms with van der Waals surface area (Å²) in [6.07, 6.45) is 10.1. The van der Waals surface area contributed by atoms with E-state index in [1.165, 1.54) is 4.70 Å². The number of nitrogens with zero attached hydrogens (tertiary/aromatic N) is 5. The van der Waals surface area contributed by atoms with Gasteiger partial charge in [0.2, 0.25) is 0 Å². The second-order valence-electron chi connectivity index (χ2n) is 13.2. The standard InChI is InChI=1S/C49H35N5S2/c1-2-3-4-7-16-33-27-29-34(30-28-33)31-50-48(51-41-32-55-42-25-13-12-21-37(41)42)40-24-14-22-38-44-39(23-15-26-43(44)56-45(38)40)49-53-46(35-17-8-5-9-18-35)52-47(54-49)36-19-10-6-11-20-36/h2,5-32H,1,3-4H2/b16-7+,50-31+,51-48-. The molecule has 0 amide bonds. The molecule has 268 valence electrons. The topological polar surface area (TPSA) is 63.4 Å². The van der Waals surface area contributed by atoms with E-state index < -0.39 is 0 Å². The Kier molecular flexibility index (Phi) is 10.00. The van der Waals surface area contributed by atoms with Crippen LogP contribution in [0.3, 0.4) is 0 Å². The molecule has 0 aliphatic heterocycles. The SMILES string of the molecule is C=CCC/C=C/c1ccc(/C=N/C(=N\c2csc3ccccc23)c2cccc3c2sc2cccc(-c4nc(-c5ccccc5)nc(-c5ccccc5)n4)c23)cc1. The molecule has 0 radical (unpaired) electrons. The molecule has 56 heavy (non-hydrogen) atoms. The van der Waals surface area contributed by atoms with Gasteiger partial charge in [0.05, 0.1) is 5.69 Å². The van der Waals surface area contributed by atoms with Crippen LogP contribution in [0.1, 0.15) is 29.5 Å². The predicted octanol–water partition coefficient (Wildman–Crippen LogP) is 13.6. The van der Waals surface area contributed by atoms with Crippen LogP contribution in [0.5, 0.6) is 0 Å². The van der Waals surface area contributed by atoms with Crippen LogP contribution in [0.4, 0.5) is 5.69 Å². The maximum atomic E-state index is 5.28. The van der Waals surface area contributed by atoms with Crippen molar-refractivity contribution < 1.29 is 0 Å². The zero-order chi connectivity index (χ0) is 37.7. The first-order chi connectivity index (χ1) is 27.7. The number of aromatic nitrogens is 3. The lowest BCUT2D eigenvalue weighted by atomic mass is 10.0. The maximum absolute atomic E-state index is 5.28. The van der Waals surface area contributed by atoms with Gasteiger partial charge in [0, 0.05) is 64.1 Å². The van der Waals surface area contributed by atoms with Crippen molar-refractivity contribution in [2.45, 2.75) is 12.8 Å². The summed E-state index contributed by atoms with van der Waals surface area (Å²) >= 11 is 3.44. The molecule has 0 unspecified atom stereocenters. The summed E-state index contributed by atoms with van der Waals surface area (Å²) < 4.78 is 3.43. The number of thiophene rings is 2. The molecular formula is C49H35N5S2. The fourth-order valence-electron chi connectivity index (χ4n) is 6.72. The van der Waals surface area contributed by atoms with Crippen molar-refractivity contribution in [3.8, 4) is 34.2 Å². The van der Waals surface area contributed by atoms with Gasteiger partial charge in [-0.2, -0.15) is 0 Å². The number of hydrogen-bond donors (Lipinski definition) is 0. The van der Waals surface area contributed by atoms with Gasteiger partial charge in [-0.05, 0) is 42.2 Å². The Morgan fingerprint density at radius 3 is 2.00 bits per heavy atom. The highest BCUT2D eigenvalue weighted by atomic mass is 32.1. The van der Waals surface area contributed by atoms with Gasteiger partial charge in [0.15, 0.2) is 23.3 Å². The molecule has 6 aromatic carbocycles. The first-order valence-electron chi connectivity index (χ1n) is 18.5. The monoisotopic (exact) mass is 757 g/mol. The van der Waals surface area contributed by atoms with Crippen molar-refractivity contribution in [1.82, 2.24) is 15.0 Å². The van der Waals surface area contributed by atoms with E-state index in [9.17, 15) is 0 Å². The lowest BCUT2D eigenvalue weighted by molar-refractivity contribution is 1.06. The summed E-state index contributed by atoms with van der Waals surface area (Å²) in [4.78, 5) is 25.5. The molecule has 7 heteroatoms. The molecule has 3 aromatic heterocycles. The molecule has 0 saturated carbocycles. The zero-order valence-electron chi connectivity index (χ0n) is 30.4.